The van der Waals surface area contributed by atoms with Gasteiger partial charge < -0.3 is 4.90 Å². The zero-order valence-electron chi connectivity index (χ0n) is 9.58. The van der Waals surface area contributed by atoms with Crippen molar-refractivity contribution in [2.75, 3.05) is 6.54 Å². The minimum Gasteiger partial charge on any atom is -0.356 e. The van der Waals surface area contributed by atoms with Crippen LogP contribution in [-0.2, 0) is 0 Å². The molecule has 0 saturated carbocycles. The summed E-state index contributed by atoms with van der Waals surface area (Å²) in [6.07, 6.45) is 1.15. The van der Waals surface area contributed by atoms with Crippen LogP contribution in [0.15, 0.2) is 18.2 Å². The summed E-state index contributed by atoms with van der Waals surface area (Å²) in [5.41, 5.74) is 3.98. The normalized spacial score (nSPS) is 19.5. The van der Waals surface area contributed by atoms with E-state index in [1.54, 1.807) is 0 Å². The standard InChI is InChI=1S/C13H17NS/c1-4-7-14-10(3)12-8-9(2)5-6-11(12)13(14)15/h5-6,8,10H,4,7H2,1-3H3. The largest absolute Gasteiger partial charge is 0.356 e. The Morgan fingerprint density at radius 3 is 2.80 bits per heavy atom. The van der Waals surface area contributed by atoms with Crippen molar-refractivity contribution in [3.63, 3.8) is 0 Å². The number of hydrogen-bond donors (Lipinski definition) is 0. The average molecular weight is 219 g/mol. The molecule has 0 bridgehead atoms. The zero-order chi connectivity index (χ0) is 11.0. The lowest BCUT2D eigenvalue weighted by Gasteiger charge is -2.23. The van der Waals surface area contributed by atoms with Crippen LogP contribution in [0.25, 0.3) is 0 Å². The first kappa shape index (κ1) is 10.6. The molecule has 80 valence electrons. The van der Waals surface area contributed by atoms with Crippen molar-refractivity contribution < 1.29 is 0 Å². The minimum absolute atomic E-state index is 0.451. The van der Waals surface area contributed by atoms with E-state index in [2.05, 4.69) is 43.9 Å². The van der Waals surface area contributed by atoms with Crippen molar-refractivity contribution in [3.8, 4) is 0 Å². The number of rotatable bonds is 2. The number of hydrogen-bond acceptors (Lipinski definition) is 1. The maximum Gasteiger partial charge on any atom is 0.110 e. The van der Waals surface area contributed by atoms with Crippen LogP contribution in [0.4, 0.5) is 0 Å². The van der Waals surface area contributed by atoms with Crippen LogP contribution in [0.1, 0.15) is 43.0 Å². The number of thiocarbonyl (C=S) groups is 1. The minimum atomic E-state index is 0.451. The van der Waals surface area contributed by atoms with Crippen molar-refractivity contribution in [2.24, 2.45) is 0 Å². The van der Waals surface area contributed by atoms with Gasteiger partial charge in [0.05, 0.1) is 6.04 Å². The highest BCUT2D eigenvalue weighted by Crippen LogP contribution is 2.34. The molecule has 0 N–H and O–H groups in total. The second-order valence-corrected chi connectivity index (χ2v) is 4.65. The third kappa shape index (κ3) is 1.67. The summed E-state index contributed by atoms with van der Waals surface area (Å²) in [6, 6.07) is 7.03. The van der Waals surface area contributed by atoms with Crippen LogP contribution < -0.4 is 0 Å². The van der Waals surface area contributed by atoms with Crippen molar-refractivity contribution in [3.05, 3.63) is 34.9 Å². The summed E-state index contributed by atoms with van der Waals surface area (Å²) in [5, 5.41) is 0. The van der Waals surface area contributed by atoms with E-state index in [4.69, 9.17) is 12.2 Å². The molecule has 1 aromatic rings. The lowest BCUT2D eigenvalue weighted by atomic mass is 10.0. The fourth-order valence-corrected chi connectivity index (χ4v) is 2.69. The van der Waals surface area contributed by atoms with Crippen molar-refractivity contribution in [1.82, 2.24) is 4.90 Å². The number of benzene rings is 1. The van der Waals surface area contributed by atoms with E-state index in [0.29, 0.717) is 6.04 Å². The topological polar surface area (TPSA) is 3.24 Å². The molecule has 0 fully saturated rings. The SMILES string of the molecule is CCCN1C(=S)c2ccc(C)cc2C1C. The Bertz CT molecular complexity index is 398. The first-order valence-electron chi connectivity index (χ1n) is 5.56. The first-order valence-corrected chi connectivity index (χ1v) is 5.97. The summed E-state index contributed by atoms with van der Waals surface area (Å²) in [6.45, 7) is 7.64. The number of fused-ring (bicyclic) bond motifs is 1. The van der Waals surface area contributed by atoms with Gasteiger partial charge in [-0.05, 0) is 25.8 Å². The van der Waals surface area contributed by atoms with Crippen LogP contribution in [-0.4, -0.2) is 16.4 Å². The Hall–Kier alpha value is -0.890. The smallest absolute Gasteiger partial charge is 0.110 e. The highest BCUT2D eigenvalue weighted by molar-refractivity contribution is 7.80. The van der Waals surface area contributed by atoms with Crippen molar-refractivity contribution in [2.45, 2.75) is 33.2 Å². The van der Waals surface area contributed by atoms with Crippen LogP contribution in [0.3, 0.4) is 0 Å². The van der Waals surface area contributed by atoms with Crippen molar-refractivity contribution >= 4 is 17.2 Å². The third-order valence-electron chi connectivity index (χ3n) is 3.08. The Balaban J connectivity index is 2.41. The van der Waals surface area contributed by atoms with E-state index in [0.717, 1.165) is 18.0 Å². The number of nitrogens with zero attached hydrogens (tertiary/aromatic N) is 1. The predicted octanol–water partition coefficient (Wildman–Crippen LogP) is 3.46. The maximum atomic E-state index is 5.51. The molecule has 1 atom stereocenters. The van der Waals surface area contributed by atoms with Gasteiger partial charge in [0.15, 0.2) is 0 Å². The molecular weight excluding hydrogens is 202 g/mol. The molecule has 1 nitrogen and oxygen atoms in total. The molecule has 1 unspecified atom stereocenters. The molecule has 2 heteroatoms. The van der Waals surface area contributed by atoms with Gasteiger partial charge in [0, 0.05) is 12.1 Å². The van der Waals surface area contributed by atoms with E-state index in [-0.39, 0.29) is 0 Å². The summed E-state index contributed by atoms with van der Waals surface area (Å²) in [4.78, 5) is 3.36. The van der Waals surface area contributed by atoms with Gasteiger partial charge in [-0.3, -0.25) is 0 Å². The summed E-state index contributed by atoms with van der Waals surface area (Å²) >= 11 is 5.51. The predicted molar refractivity (Wildman–Crippen MR) is 68.3 cm³/mol. The Kier molecular flexibility index (Phi) is 2.79. The van der Waals surface area contributed by atoms with Gasteiger partial charge in [0.2, 0.25) is 0 Å². The van der Waals surface area contributed by atoms with Gasteiger partial charge in [-0.15, -0.1) is 0 Å². The second-order valence-electron chi connectivity index (χ2n) is 4.27. The molecule has 1 aliphatic rings. The monoisotopic (exact) mass is 219 g/mol. The third-order valence-corrected chi connectivity index (χ3v) is 3.53. The molecule has 1 aromatic carbocycles. The maximum absolute atomic E-state index is 5.51. The van der Waals surface area contributed by atoms with E-state index in [9.17, 15) is 0 Å². The highest BCUT2D eigenvalue weighted by Gasteiger charge is 2.29. The van der Waals surface area contributed by atoms with Crippen LogP contribution >= 0.6 is 12.2 Å². The Morgan fingerprint density at radius 1 is 1.40 bits per heavy atom. The number of aryl methyl sites for hydroxylation is 1. The van der Waals surface area contributed by atoms with Gasteiger partial charge in [0.1, 0.15) is 4.99 Å². The molecule has 0 saturated heterocycles. The molecule has 1 heterocycles. The highest BCUT2D eigenvalue weighted by atomic mass is 32.1. The van der Waals surface area contributed by atoms with Crippen LogP contribution in [0, 0.1) is 6.92 Å². The lowest BCUT2D eigenvalue weighted by Crippen LogP contribution is -2.26. The Morgan fingerprint density at radius 2 is 2.13 bits per heavy atom. The molecule has 0 amide bonds. The van der Waals surface area contributed by atoms with E-state index < -0.39 is 0 Å². The lowest BCUT2D eigenvalue weighted by molar-refractivity contribution is 0.359. The van der Waals surface area contributed by atoms with Gasteiger partial charge in [0.25, 0.3) is 0 Å². The fraction of sp³-hybridized carbons (Fsp3) is 0.462. The van der Waals surface area contributed by atoms with E-state index in [1.165, 1.54) is 16.7 Å². The summed E-state index contributed by atoms with van der Waals surface area (Å²) in [5.74, 6) is 0. The molecule has 2 rings (SSSR count). The average Bonchev–Trinajstić information content (AvgIpc) is 2.44. The first-order chi connectivity index (χ1) is 7.15. The quantitative estimate of drug-likeness (QED) is 0.701. The van der Waals surface area contributed by atoms with E-state index in [1.807, 2.05) is 0 Å². The summed E-state index contributed by atoms with van der Waals surface area (Å²) in [7, 11) is 0. The van der Waals surface area contributed by atoms with Gasteiger partial charge in [-0.1, -0.05) is 42.9 Å². The van der Waals surface area contributed by atoms with Crippen LogP contribution in [0.2, 0.25) is 0 Å². The van der Waals surface area contributed by atoms with Gasteiger partial charge in [-0.25, -0.2) is 0 Å². The van der Waals surface area contributed by atoms with E-state index >= 15 is 0 Å². The molecule has 0 aliphatic carbocycles. The fourth-order valence-electron chi connectivity index (χ4n) is 2.26. The molecule has 0 spiro atoms. The molecule has 0 aromatic heterocycles. The molecule has 1 aliphatic heterocycles. The molecular formula is C13H17NS. The van der Waals surface area contributed by atoms with Crippen LogP contribution in [0.5, 0.6) is 0 Å². The van der Waals surface area contributed by atoms with Crippen molar-refractivity contribution in [1.29, 1.82) is 0 Å². The van der Waals surface area contributed by atoms with Gasteiger partial charge >= 0.3 is 0 Å². The molecule has 0 radical (unpaired) electrons. The zero-order valence-corrected chi connectivity index (χ0v) is 10.4. The summed E-state index contributed by atoms with van der Waals surface area (Å²) < 4.78 is 0. The molecule has 15 heavy (non-hydrogen) atoms. The Labute approximate surface area is 97.1 Å². The van der Waals surface area contributed by atoms with Gasteiger partial charge in [-0.2, -0.15) is 0 Å². The second kappa shape index (κ2) is 3.93.